The fraction of sp³-hybridized carbons (Fsp3) is 0.400. The zero-order chi connectivity index (χ0) is 10.4. The van der Waals surface area contributed by atoms with Crippen LogP contribution in [0.3, 0.4) is 0 Å². The molecule has 0 saturated carbocycles. The van der Waals surface area contributed by atoms with Gasteiger partial charge < -0.3 is 19.9 Å². The summed E-state index contributed by atoms with van der Waals surface area (Å²) in [4.78, 5) is 0. The van der Waals surface area contributed by atoms with Gasteiger partial charge in [0.1, 0.15) is 6.61 Å². The van der Waals surface area contributed by atoms with Crippen molar-refractivity contribution < 1.29 is 14.2 Å². The van der Waals surface area contributed by atoms with Gasteiger partial charge in [-0.05, 0) is 12.1 Å². The third-order valence-corrected chi connectivity index (χ3v) is 1.74. The molecule has 0 spiro atoms. The van der Waals surface area contributed by atoms with E-state index in [4.69, 9.17) is 19.9 Å². The Morgan fingerprint density at radius 2 is 1.80 bits per heavy atom. The molecule has 1 aromatic rings. The van der Waals surface area contributed by atoms with Crippen molar-refractivity contribution in [3.8, 4) is 17.2 Å². The molecule has 0 aliphatic heterocycles. The van der Waals surface area contributed by atoms with E-state index in [1.54, 1.807) is 14.2 Å². The fourth-order valence-electron chi connectivity index (χ4n) is 1.14. The first-order valence-corrected chi connectivity index (χ1v) is 4.37. The minimum absolute atomic E-state index is 0. The van der Waals surface area contributed by atoms with Gasteiger partial charge in [-0.2, -0.15) is 0 Å². The number of benzene rings is 1. The topological polar surface area (TPSA) is 53.7 Å². The Balaban J connectivity index is 0.00000196. The van der Waals surface area contributed by atoms with Gasteiger partial charge in [-0.25, -0.2) is 0 Å². The lowest BCUT2D eigenvalue weighted by molar-refractivity contribution is 0.290. The molecule has 0 saturated heterocycles. The number of hydrogen-bond donors (Lipinski definition) is 1. The Bertz CT molecular complexity index is 294. The highest BCUT2D eigenvalue weighted by atomic mass is 35.5. The van der Waals surface area contributed by atoms with E-state index < -0.39 is 0 Å². The summed E-state index contributed by atoms with van der Waals surface area (Å²) in [6, 6.07) is 5.47. The number of hydrogen-bond acceptors (Lipinski definition) is 4. The molecule has 4 nitrogen and oxygen atoms in total. The van der Waals surface area contributed by atoms with Crippen molar-refractivity contribution >= 4 is 12.4 Å². The maximum absolute atomic E-state index is 5.39. The van der Waals surface area contributed by atoms with Crippen molar-refractivity contribution in [2.45, 2.75) is 0 Å². The predicted octanol–water partition coefficient (Wildman–Crippen LogP) is 1.46. The molecule has 0 aromatic heterocycles. The van der Waals surface area contributed by atoms with Crippen LogP contribution in [0.2, 0.25) is 0 Å². The second-order valence-corrected chi connectivity index (χ2v) is 2.63. The molecular weight excluding hydrogens is 218 g/mol. The van der Waals surface area contributed by atoms with Crippen LogP contribution in [0.25, 0.3) is 0 Å². The van der Waals surface area contributed by atoms with Gasteiger partial charge in [0, 0.05) is 6.54 Å². The van der Waals surface area contributed by atoms with Crippen LogP contribution >= 0.6 is 12.4 Å². The molecule has 2 N–H and O–H groups in total. The standard InChI is InChI=1S/C10H15NO3.ClH/c1-12-8-4-3-5-9(10(8)13-2)14-7-6-11;/h3-5H,6-7,11H2,1-2H3;1H. The quantitative estimate of drug-likeness (QED) is 0.837. The van der Waals surface area contributed by atoms with Crippen LogP contribution in [0, 0.1) is 0 Å². The molecule has 86 valence electrons. The molecule has 0 aliphatic carbocycles. The minimum atomic E-state index is 0. The van der Waals surface area contributed by atoms with Gasteiger partial charge in [-0.1, -0.05) is 6.07 Å². The Morgan fingerprint density at radius 3 is 2.33 bits per heavy atom. The lowest BCUT2D eigenvalue weighted by atomic mass is 10.3. The Morgan fingerprint density at radius 1 is 1.13 bits per heavy atom. The molecule has 5 heteroatoms. The molecule has 0 bridgehead atoms. The summed E-state index contributed by atoms with van der Waals surface area (Å²) in [5.41, 5.74) is 5.34. The van der Waals surface area contributed by atoms with Crippen LogP contribution in [0.5, 0.6) is 17.2 Å². The largest absolute Gasteiger partial charge is 0.493 e. The molecule has 0 aliphatic rings. The SMILES string of the molecule is COc1cccc(OCCN)c1OC.Cl. The van der Waals surface area contributed by atoms with Crippen LogP contribution in [0.1, 0.15) is 0 Å². The van der Waals surface area contributed by atoms with Crippen molar-refractivity contribution in [1.29, 1.82) is 0 Å². The average Bonchev–Trinajstić information content (AvgIpc) is 2.25. The van der Waals surface area contributed by atoms with E-state index in [1.165, 1.54) is 0 Å². The van der Waals surface area contributed by atoms with E-state index in [0.29, 0.717) is 30.4 Å². The Labute approximate surface area is 95.7 Å². The predicted molar refractivity (Wildman–Crippen MR) is 61.3 cm³/mol. The molecule has 0 fully saturated rings. The average molecular weight is 234 g/mol. The summed E-state index contributed by atoms with van der Waals surface area (Å²) < 4.78 is 15.7. The number of halogens is 1. The van der Waals surface area contributed by atoms with Crippen LogP contribution in [0.4, 0.5) is 0 Å². The number of methoxy groups -OCH3 is 2. The molecule has 0 unspecified atom stereocenters. The molecule has 0 atom stereocenters. The normalized spacial score (nSPS) is 9.00. The first-order chi connectivity index (χ1) is 6.83. The van der Waals surface area contributed by atoms with Crippen molar-refractivity contribution in [2.24, 2.45) is 5.73 Å². The highest BCUT2D eigenvalue weighted by molar-refractivity contribution is 5.85. The van der Waals surface area contributed by atoms with E-state index in [9.17, 15) is 0 Å². The lowest BCUT2D eigenvalue weighted by Crippen LogP contribution is -2.11. The van der Waals surface area contributed by atoms with Crippen molar-refractivity contribution in [3.63, 3.8) is 0 Å². The van der Waals surface area contributed by atoms with E-state index in [1.807, 2.05) is 18.2 Å². The maximum Gasteiger partial charge on any atom is 0.203 e. The van der Waals surface area contributed by atoms with E-state index >= 15 is 0 Å². The smallest absolute Gasteiger partial charge is 0.203 e. The molecule has 15 heavy (non-hydrogen) atoms. The van der Waals surface area contributed by atoms with Gasteiger partial charge >= 0.3 is 0 Å². The summed E-state index contributed by atoms with van der Waals surface area (Å²) in [6.07, 6.45) is 0. The zero-order valence-electron chi connectivity index (χ0n) is 8.86. The number of rotatable bonds is 5. The molecule has 1 aromatic carbocycles. The summed E-state index contributed by atoms with van der Waals surface area (Å²) in [6.45, 7) is 0.934. The first-order valence-electron chi connectivity index (χ1n) is 4.37. The number of ether oxygens (including phenoxy) is 3. The van der Waals surface area contributed by atoms with Crippen LogP contribution in [-0.2, 0) is 0 Å². The van der Waals surface area contributed by atoms with Crippen molar-refractivity contribution in [2.75, 3.05) is 27.4 Å². The second-order valence-electron chi connectivity index (χ2n) is 2.63. The molecule has 0 radical (unpaired) electrons. The van der Waals surface area contributed by atoms with E-state index in [2.05, 4.69) is 0 Å². The van der Waals surface area contributed by atoms with Gasteiger partial charge in [-0.3, -0.25) is 0 Å². The van der Waals surface area contributed by atoms with Crippen LogP contribution in [0.15, 0.2) is 18.2 Å². The van der Waals surface area contributed by atoms with E-state index in [0.717, 1.165) is 0 Å². The minimum Gasteiger partial charge on any atom is -0.493 e. The summed E-state index contributed by atoms with van der Waals surface area (Å²) in [5.74, 6) is 1.91. The monoisotopic (exact) mass is 233 g/mol. The van der Waals surface area contributed by atoms with Crippen LogP contribution < -0.4 is 19.9 Å². The molecule has 0 heterocycles. The van der Waals surface area contributed by atoms with Gasteiger partial charge in [0.25, 0.3) is 0 Å². The van der Waals surface area contributed by atoms with Crippen molar-refractivity contribution in [3.05, 3.63) is 18.2 Å². The number of nitrogens with two attached hydrogens (primary N) is 1. The molecule has 1 rings (SSSR count). The Kier molecular flexibility index (Phi) is 6.66. The fourth-order valence-corrected chi connectivity index (χ4v) is 1.14. The van der Waals surface area contributed by atoms with Gasteiger partial charge in [0.15, 0.2) is 11.5 Å². The highest BCUT2D eigenvalue weighted by Gasteiger charge is 2.09. The Hall–Kier alpha value is -1.13. The lowest BCUT2D eigenvalue weighted by Gasteiger charge is -2.12. The summed E-state index contributed by atoms with van der Waals surface area (Å²) in [5, 5.41) is 0. The second kappa shape index (κ2) is 7.20. The summed E-state index contributed by atoms with van der Waals surface area (Å²) in [7, 11) is 3.16. The van der Waals surface area contributed by atoms with Gasteiger partial charge in [-0.15, -0.1) is 12.4 Å². The maximum atomic E-state index is 5.39. The molecular formula is C10H16ClNO3. The third kappa shape index (κ3) is 3.49. The molecule has 0 amide bonds. The van der Waals surface area contributed by atoms with E-state index in [-0.39, 0.29) is 12.4 Å². The third-order valence-electron chi connectivity index (χ3n) is 1.74. The van der Waals surface area contributed by atoms with Gasteiger partial charge in [0.2, 0.25) is 5.75 Å². The zero-order valence-corrected chi connectivity index (χ0v) is 9.67. The van der Waals surface area contributed by atoms with Gasteiger partial charge in [0.05, 0.1) is 14.2 Å². The van der Waals surface area contributed by atoms with Crippen LogP contribution in [-0.4, -0.2) is 27.4 Å². The number of para-hydroxylation sites is 1. The first kappa shape index (κ1) is 13.9. The van der Waals surface area contributed by atoms with Crippen molar-refractivity contribution in [1.82, 2.24) is 0 Å². The summed E-state index contributed by atoms with van der Waals surface area (Å²) >= 11 is 0. The highest BCUT2D eigenvalue weighted by Crippen LogP contribution is 2.36.